The fraction of sp³-hybridized carbons (Fsp3) is 0.217. The zero-order chi connectivity index (χ0) is 24.1. The van der Waals surface area contributed by atoms with Crippen LogP contribution in [0.15, 0.2) is 51.7 Å². The lowest BCUT2D eigenvalue weighted by atomic mass is 10.1. The van der Waals surface area contributed by atoms with Crippen molar-refractivity contribution in [1.29, 1.82) is 0 Å². The molecule has 172 valence electrons. The lowest BCUT2D eigenvalue weighted by molar-refractivity contribution is -0.172. The summed E-state index contributed by atoms with van der Waals surface area (Å²) in [5.41, 5.74) is 4.93. The number of rotatable bonds is 4. The van der Waals surface area contributed by atoms with Crippen LogP contribution >= 0.6 is 0 Å². The highest BCUT2D eigenvalue weighted by Crippen LogP contribution is 2.34. The molecule has 1 fully saturated rings. The van der Waals surface area contributed by atoms with E-state index in [9.17, 15) is 29.4 Å². The number of imide groups is 1. The molecule has 4 N–H and O–H groups in total. The van der Waals surface area contributed by atoms with E-state index in [0.29, 0.717) is 10.6 Å². The van der Waals surface area contributed by atoms with Gasteiger partial charge in [0.1, 0.15) is 5.76 Å². The first kappa shape index (κ1) is 23.5. The van der Waals surface area contributed by atoms with Gasteiger partial charge in [0.2, 0.25) is 5.75 Å². The molecule has 0 bridgehead atoms. The number of nitrogens with zero attached hydrogens (tertiary/aromatic N) is 1. The molecule has 1 aromatic heterocycles. The first-order chi connectivity index (χ1) is 15.8. The van der Waals surface area contributed by atoms with E-state index in [2.05, 4.69) is 6.92 Å². The molecule has 0 radical (unpaired) electrons. The molecule has 1 aliphatic heterocycles. The lowest BCUT2D eigenvalue weighted by Crippen LogP contribution is -2.32. The van der Waals surface area contributed by atoms with Crippen LogP contribution < -0.4 is 11.2 Å². The Labute approximate surface area is 187 Å². The molecular formula is C23H22N2O8. The third kappa shape index (κ3) is 5.01. The van der Waals surface area contributed by atoms with Gasteiger partial charge >= 0.3 is 5.97 Å². The zero-order valence-corrected chi connectivity index (χ0v) is 17.7. The van der Waals surface area contributed by atoms with Crippen molar-refractivity contribution in [1.82, 2.24) is 5.06 Å². The Hall–Kier alpha value is -4.18. The summed E-state index contributed by atoms with van der Waals surface area (Å²) in [6, 6.07) is 9.41. The fourth-order valence-electron chi connectivity index (χ4n) is 2.90. The second-order valence-corrected chi connectivity index (χ2v) is 7.11. The molecule has 2 aromatic carbocycles. The van der Waals surface area contributed by atoms with Gasteiger partial charge in [-0.15, -0.1) is 5.06 Å². The number of phenols is 2. The number of phenolic OH excluding ortho intramolecular Hbond substituents is 2. The van der Waals surface area contributed by atoms with Gasteiger partial charge < -0.3 is 25.2 Å². The zero-order valence-electron chi connectivity index (χ0n) is 17.7. The number of hydroxylamine groups is 2. The molecule has 4 rings (SSSR count). The molecule has 10 heteroatoms. The number of nitrogens with two attached hydrogens (primary N) is 1. The predicted octanol–water partition coefficient (Wildman–Crippen LogP) is 2.45. The second-order valence-electron chi connectivity index (χ2n) is 7.11. The van der Waals surface area contributed by atoms with Crippen LogP contribution in [0, 0.1) is 0 Å². The monoisotopic (exact) mass is 454 g/mol. The van der Waals surface area contributed by atoms with Gasteiger partial charge in [0.15, 0.2) is 16.8 Å². The molecule has 0 saturated carbocycles. The van der Waals surface area contributed by atoms with Crippen LogP contribution in [-0.4, -0.2) is 39.6 Å². The molecule has 1 saturated heterocycles. The van der Waals surface area contributed by atoms with Gasteiger partial charge in [-0.2, -0.15) is 0 Å². The van der Waals surface area contributed by atoms with Crippen LogP contribution in [0.1, 0.15) is 36.5 Å². The van der Waals surface area contributed by atoms with Crippen molar-refractivity contribution in [3.63, 3.8) is 0 Å². The van der Waals surface area contributed by atoms with Gasteiger partial charge in [-0.05, 0) is 37.2 Å². The van der Waals surface area contributed by atoms with Crippen LogP contribution in [0.2, 0.25) is 0 Å². The number of carbonyl (C=O) groups excluding carboxylic acids is 3. The Kier molecular flexibility index (Phi) is 7.09. The van der Waals surface area contributed by atoms with E-state index in [-0.39, 0.29) is 35.1 Å². The first-order valence-electron chi connectivity index (χ1n) is 10.1. The van der Waals surface area contributed by atoms with Crippen molar-refractivity contribution < 1.29 is 33.9 Å². The highest BCUT2D eigenvalue weighted by atomic mass is 16.7. The number of amides is 2. The summed E-state index contributed by atoms with van der Waals surface area (Å²) in [7, 11) is 0. The minimum absolute atomic E-state index is 0.00551. The second kappa shape index (κ2) is 9.96. The molecule has 2 amide bonds. The molecule has 0 unspecified atom stereocenters. The molecule has 1 aliphatic rings. The van der Waals surface area contributed by atoms with E-state index in [0.717, 1.165) is 13.0 Å². The maximum Gasteiger partial charge on any atom is 0.363 e. The van der Waals surface area contributed by atoms with Gasteiger partial charge in [0, 0.05) is 24.5 Å². The minimum Gasteiger partial charge on any atom is -0.504 e. The summed E-state index contributed by atoms with van der Waals surface area (Å²) in [5.74, 6) is -2.93. The minimum atomic E-state index is -0.886. The van der Waals surface area contributed by atoms with Crippen molar-refractivity contribution in [2.24, 2.45) is 5.73 Å². The van der Waals surface area contributed by atoms with E-state index >= 15 is 0 Å². The van der Waals surface area contributed by atoms with Gasteiger partial charge in [0.25, 0.3) is 11.8 Å². The Morgan fingerprint density at radius 2 is 1.67 bits per heavy atom. The van der Waals surface area contributed by atoms with Crippen molar-refractivity contribution in [2.45, 2.75) is 26.2 Å². The molecule has 0 atom stereocenters. The van der Waals surface area contributed by atoms with Crippen LogP contribution in [0.3, 0.4) is 0 Å². The van der Waals surface area contributed by atoms with E-state index in [1.54, 1.807) is 0 Å². The summed E-state index contributed by atoms with van der Waals surface area (Å²) in [6.07, 6.45) is 1.09. The maximum atomic E-state index is 12.3. The average Bonchev–Trinajstić information content (AvgIpc) is 3.13. The van der Waals surface area contributed by atoms with Crippen molar-refractivity contribution in [3.05, 3.63) is 58.3 Å². The summed E-state index contributed by atoms with van der Waals surface area (Å²) >= 11 is 0. The number of fused-ring (bicyclic) bond motifs is 1. The quantitative estimate of drug-likeness (QED) is 0.397. The van der Waals surface area contributed by atoms with Gasteiger partial charge in [-0.3, -0.25) is 14.4 Å². The molecule has 0 aliphatic carbocycles. The third-order valence-corrected chi connectivity index (χ3v) is 4.72. The number of carbonyl (C=O) groups is 3. The van der Waals surface area contributed by atoms with E-state index in [4.69, 9.17) is 15.0 Å². The highest BCUT2D eigenvalue weighted by Gasteiger charge is 2.33. The molecular weight excluding hydrogens is 432 g/mol. The Morgan fingerprint density at radius 3 is 2.24 bits per heavy atom. The summed E-state index contributed by atoms with van der Waals surface area (Å²) in [6.45, 7) is 2.88. The topological polar surface area (TPSA) is 160 Å². The number of hydrogen-bond acceptors (Lipinski definition) is 9. The SMILES string of the molecule is CCCN.O=C(ON1C(=O)CCC1=O)c1ccc(-c2cc(=O)c3ccc(O)c(O)c3o2)cc1. The van der Waals surface area contributed by atoms with Gasteiger partial charge in [-0.1, -0.05) is 19.1 Å². The van der Waals surface area contributed by atoms with Crippen molar-refractivity contribution in [2.75, 3.05) is 6.54 Å². The van der Waals surface area contributed by atoms with Gasteiger partial charge in [0.05, 0.1) is 10.9 Å². The number of hydrogen-bond donors (Lipinski definition) is 3. The Balaban J connectivity index is 0.000000709. The third-order valence-electron chi connectivity index (χ3n) is 4.72. The lowest BCUT2D eigenvalue weighted by Gasteiger charge is -2.12. The Bertz CT molecular complexity index is 1250. The van der Waals surface area contributed by atoms with E-state index in [1.165, 1.54) is 42.5 Å². The van der Waals surface area contributed by atoms with E-state index < -0.39 is 34.7 Å². The van der Waals surface area contributed by atoms with Crippen LogP contribution in [0.5, 0.6) is 11.5 Å². The molecule has 2 heterocycles. The number of aromatic hydroxyl groups is 2. The van der Waals surface area contributed by atoms with Crippen LogP contribution in [-0.2, 0) is 14.4 Å². The predicted molar refractivity (Wildman–Crippen MR) is 117 cm³/mol. The van der Waals surface area contributed by atoms with Gasteiger partial charge in [-0.25, -0.2) is 4.79 Å². The van der Waals surface area contributed by atoms with Crippen molar-refractivity contribution in [3.8, 4) is 22.8 Å². The van der Waals surface area contributed by atoms with Crippen molar-refractivity contribution >= 4 is 28.8 Å². The normalized spacial score (nSPS) is 13.1. The summed E-state index contributed by atoms with van der Waals surface area (Å²) in [4.78, 5) is 52.3. The fourth-order valence-corrected chi connectivity index (χ4v) is 2.90. The standard InChI is InChI=1S/C20H13NO8.C3H9N/c22-13-6-5-12-14(23)9-15(28-19(12)18(13)26)10-1-3-11(4-2-10)20(27)29-21-16(24)7-8-17(21)25;1-2-3-4/h1-6,9,22,26H,7-8H2;2-4H2,1H3. The number of benzene rings is 2. The Morgan fingerprint density at radius 1 is 1.06 bits per heavy atom. The first-order valence-corrected chi connectivity index (χ1v) is 10.1. The molecule has 33 heavy (non-hydrogen) atoms. The summed E-state index contributed by atoms with van der Waals surface area (Å²) in [5, 5.41) is 20.1. The molecule has 3 aromatic rings. The average molecular weight is 454 g/mol. The van der Waals surface area contributed by atoms with Crippen LogP contribution in [0.4, 0.5) is 0 Å². The maximum absolute atomic E-state index is 12.3. The smallest absolute Gasteiger partial charge is 0.363 e. The summed E-state index contributed by atoms with van der Waals surface area (Å²) < 4.78 is 5.55. The largest absolute Gasteiger partial charge is 0.504 e. The van der Waals surface area contributed by atoms with E-state index in [1.807, 2.05) is 0 Å². The molecule has 0 spiro atoms. The van der Waals surface area contributed by atoms with Crippen LogP contribution in [0.25, 0.3) is 22.3 Å². The highest BCUT2D eigenvalue weighted by molar-refractivity contribution is 6.02. The molecule has 10 nitrogen and oxygen atoms in total.